The second-order valence-corrected chi connectivity index (χ2v) is 6.89. The summed E-state index contributed by atoms with van der Waals surface area (Å²) in [7, 11) is 0. The standard InChI is InChI=1S/C17H20N2O2S/c1-12-4-2-3-7-19(12)9-14-10-22-17(18-14)13-5-6-15-16(8-13)21-11-20-15/h5-6,8,10,12H,2-4,7,9,11H2,1H3/t12-/m0/s1. The number of aromatic nitrogens is 1. The van der Waals surface area contributed by atoms with Gasteiger partial charge in [-0.05, 0) is 44.5 Å². The summed E-state index contributed by atoms with van der Waals surface area (Å²) in [5.41, 5.74) is 2.28. The molecule has 0 saturated carbocycles. The van der Waals surface area contributed by atoms with Crippen LogP contribution < -0.4 is 9.47 Å². The lowest BCUT2D eigenvalue weighted by atomic mass is 10.0. The van der Waals surface area contributed by atoms with E-state index in [2.05, 4.69) is 23.3 Å². The summed E-state index contributed by atoms with van der Waals surface area (Å²) in [4.78, 5) is 7.36. The normalized spacial score (nSPS) is 21.2. The highest BCUT2D eigenvalue weighted by atomic mass is 32.1. The zero-order chi connectivity index (χ0) is 14.9. The molecule has 0 radical (unpaired) electrons. The number of hydrogen-bond acceptors (Lipinski definition) is 5. The van der Waals surface area contributed by atoms with E-state index in [-0.39, 0.29) is 0 Å². The molecule has 4 rings (SSSR count). The molecule has 116 valence electrons. The first kappa shape index (κ1) is 14.0. The smallest absolute Gasteiger partial charge is 0.231 e. The Morgan fingerprint density at radius 3 is 3.09 bits per heavy atom. The molecule has 2 aliphatic heterocycles. The van der Waals surface area contributed by atoms with E-state index in [4.69, 9.17) is 14.5 Å². The Bertz CT molecular complexity index is 670. The summed E-state index contributed by atoms with van der Waals surface area (Å²) in [5, 5.41) is 3.24. The van der Waals surface area contributed by atoms with E-state index in [0.29, 0.717) is 12.8 Å². The van der Waals surface area contributed by atoms with Crippen LogP contribution in [0.15, 0.2) is 23.6 Å². The molecule has 2 aromatic rings. The number of piperidine rings is 1. The van der Waals surface area contributed by atoms with Crippen molar-refractivity contribution in [1.29, 1.82) is 0 Å². The highest BCUT2D eigenvalue weighted by Crippen LogP contribution is 2.36. The minimum absolute atomic E-state index is 0.314. The topological polar surface area (TPSA) is 34.6 Å². The third-order valence-corrected chi connectivity index (χ3v) is 5.42. The largest absolute Gasteiger partial charge is 0.454 e. The molecule has 0 unspecified atom stereocenters. The molecule has 1 fully saturated rings. The van der Waals surface area contributed by atoms with Crippen LogP contribution in [0, 0.1) is 0 Å². The molecule has 0 amide bonds. The molecule has 0 aliphatic carbocycles. The zero-order valence-corrected chi connectivity index (χ0v) is 13.6. The minimum atomic E-state index is 0.314. The summed E-state index contributed by atoms with van der Waals surface area (Å²) < 4.78 is 10.8. The number of benzene rings is 1. The molecule has 1 atom stereocenters. The Hall–Kier alpha value is -1.59. The Labute approximate surface area is 134 Å². The third-order valence-electron chi connectivity index (χ3n) is 4.48. The lowest BCUT2D eigenvalue weighted by molar-refractivity contribution is 0.151. The van der Waals surface area contributed by atoms with Gasteiger partial charge in [0.25, 0.3) is 0 Å². The van der Waals surface area contributed by atoms with Crippen molar-refractivity contribution in [2.75, 3.05) is 13.3 Å². The molecule has 1 aromatic heterocycles. The number of rotatable bonds is 3. The Balaban J connectivity index is 1.51. The van der Waals surface area contributed by atoms with Gasteiger partial charge in [-0.25, -0.2) is 4.98 Å². The number of fused-ring (bicyclic) bond motifs is 1. The summed E-state index contributed by atoms with van der Waals surface area (Å²) in [6, 6.07) is 6.71. The maximum atomic E-state index is 5.45. The van der Waals surface area contributed by atoms with Crippen LogP contribution in [0.2, 0.25) is 0 Å². The molecular weight excluding hydrogens is 296 g/mol. The molecule has 5 heteroatoms. The lowest BCUT2D eigenvalue weighted by Gasteiger charge is -2.32. The number of likely N-dealkylation sites (tertiary alicyclic amines) is 1. The van der Waals surface area contributed by atoms with Crippen LogP contribution >= 0.6 is 11.3 Å². The van der Waals surface area contributed by atoms with Crippen LogP contribution in [-0.4, -0.2) is 29.3 Å². The summed E-state index contributed by atoms with van der Waals surface area (Å²) in [6.07, 6.45) is 3.97. The molecular formula is C17H20N2O2S. The fourth-order valence-corrected chi connectivity index (χ4v) is 3.95. The Morgan fingerprint density at radius 1 is 1.27 bits per heavy atom. The molecule has 3 heterocycles. The molecule has 2 aliphatic rings. The SMILES string of the molecule is C[C@H]1CCCCN1Cc1csc(-c2ccc3c(c2)OCO3)n1. The summed E-state index contributed by atoms with van der Waals surface area (Å²) >= 11 is 1.70. The Kier molecular flexibility index (Phi) is 3.76. The molecule has 1 saturated heterocycles. The average molecular weight is 316 g/mol. The van der Waals surface area contributed by atoms with Gasteiger partial charge >= 0.3 is 0 Å². The van der Waals surface area contributed by atoms with E-state index in [0.717, 1.165) is 28.6 Å². The molecule has 22 heavy (non-hydrogen) atoms. The fourth-order valence-electron chi connectivity index (χ4n) is 3.14. The van der Waals surface area contributed by atoms with E-state index in [1.54, 1.807) is 11.3 Å². The molecule has 1 aromatic carbocycles. The highest BCUT2D eigenvalue weighted by molar-refractivity contribution is 7.13. The monoisotopic (exact) mass is 316 g/mol. The van der Waals surface area contributed by atoms with Crippen LogP contribution in [0.4, 0.5) is 0 Å². The minimum Gasteiger partial charge on any atom is -0.454 e. The Morgan fingerprint density at radius 2 is 2.18 bits per heavy atom. The van der Waals surface area contributed by atoms with Gasteiger partial charge in [-0.1, -0.05) is 6.42 Å². The summed E-state index contributed by atoms with van der Waals surface area (Å²) in [5.74, 6) is 1.64. The van der Waals surface area contributed by atoms with E-state index in [9.17, 15) is 0 Å². The first-order valence-electron chi connectivity index (χ1n) is 7.88. The van der Waals surface area contributed by atoms with E-state index < -0.39 is 0 Å². The zero-order valence-electron chi connectivity index (χ0n) is 12.7. The van der Waals surface area contributed by atoms with Crippen molar-refractivity contribution in [3.63, 3.8) is 0 Å². The van der Waals surface area contributed by atoms with Crippen LogP contribution in [0.1, 0.15) is 31.9 Å². The highest BCUT2D eigenvalue weighted by Gasteiger charge is 2.20. The van der Waals surface area contributed by atoms with E-state index >= 15 is 0 Å². The maximum Gasteiger partial charge on any atom is 0.231 e. The van der Waals surface area contributed by atoms with Gasteiger partial charge in [-0.2, -0.15) is 0 Å². The van der Waals surface area contributed by atoms with Crippen molar-refractivity contribution in [2.24, 2.45) is 0 Å². The second-order valence-electron chi connectivity index (χ2n) is 6.03. The van der Waals surface area contributed by atoms with Crippen molar-refractivity contribution >= 4 is 11.3 Å². The van der Waals surface area contributed by atoms with Crippen molar-refractivity contribution < 1.29 is 9.47 Å². The van der Waals surface area contributed by atoms with Gasteiger partial charge in [0.05, 0.1) is 5.69 Å². The van der Waals surface area contributed by atoms with Gasteiger partial charge in [0.1, 0.15) is 5.01 Å². The van der Waals surface area contributed by atoms with Crippen LogP contribution in [0.25, 0.3) is 10.6 Å². The predicted molar refractivity (Wildman–Crippen MR) is 87.4 cm³/mol. The van der Waals surface area contributed by atoms with Gasteiger partial charge in [-0.3, -0.25) is 4.90 Å². The lowest BCUT2D eigenvalue weighted by Crippen LogP contribution is -2.36. The van der Waals surface area contributed by atoms with E-state index in [1.165, 1.54) is 31.5 Å². The third kappa shape index (κ3) is 2.71. The van der Waals surface area contributed by atoms with Crippen LogP contribution in [0.3, 0.4) is 0 Å². The van der Waals surface area contributed by atoms with Crippen molar-refractivity contribution in [2.45, 2.75) is 38.8 Å². The maximum absolute atomic E-state index is 5.45. The fraction of sp³-hybridized carbons (Fsp3) is 0.471. The first-order valence-corrected chi connectivity index (χ1v) is 8.76. The van der Waals surface area contributed by atoms with Crippen molar-refractivity contribution in [3.05, 3.63) is 29.3 Å². The van der Waals surface area contributed by atoms with Crippen LogP contribution in [0.5, 0.6) is 11.5 Å². The number of ether oxygens (including phenoxy) is 2. The van der Waals surface area contributed by atoms with Gasteiger partial charge in [0, 0.05) is 23.5 Å². The van der Waals surface area contributed by atoms with Crippen molar-refractivity contribution in [3.8, 4) is 22.1 Å². The number of nitrogens with zero attached hydrogens (tertiary/aromatic N) is 2. The quantitative estimate of drug-likeness (QED) is 0.860. The van der Waals surface area contributed by atoms with Gasteiger partial charge < -0.3 is 9.47 Å². The molecule has 0 spiro atoms. The predicted octanol–water partition coefficient (Wildman–Crippen LogP) is 3.91. The van der Waals surface area contributed by atoms with Gasteiger partial charge in [-0.15, -0.1) is 11.3 Å². The van der Waals surface area contributed by atoms with Gasteiger partial charge in [0.15, 0.2) is 11.5 Å². The first-order chi connectivity index (χ1) is 10.8. The molecule has 0 bridgehead atoms. The second kappa shape index (κ2) is 5.89. The van der Waals surface area contributed by atoms with E-state index in [1.807, 2.05) is 12.1 Å². The molecule has 4 nitrogen and oxygen atoms in total. The van der Waals surface area contributed by atoms with Crippen molar-refractivity contribution in [1.82, 2.24) is 9.88 Å². The molecule has 0 N–H and O–H groups in total. The number of hydrogen-bond donors (Lipinski definition) is 0. The number of thiazole rings is 1. The van der Waals surface area contributed by atoms with Crippen LogP contribution in [-0.2, 0) is 6.54 Å². The van der Waals surface area contributed by atoms with Gasteiger partial charge in [0.2, 0.25) is 6.79 Å². The average Bonchev–Trinajstić information content (AvgIpc) is 3.17. The summed E-state index contributed by atoms with van der Waals surface area (Å²) in [6.45, 7) is 4.79.